The van der Waals surface area contributed by atoms with Crippen molar-refractivity contribution in [1.82, 2.24) is 0 Å². The molecule has 29 heavy (non-hydrogen) atoms. The molecule has 152 valence electrons. The Morgan fingerprint density at radius 3 is 2.59 bits per heavy atom. The summed E-state index contributed by atoms with van der Waals surface area (Å²) in [6.07, 6.45) is 7.67. The maximum atomic E-state index is 12.3. The van der Waals surface area contributed by atoms with Gasteiger partial charge in [0, 0.05) is 6.08 Å². The number of rotatable bonds is 7. The van der Waals surface area contributed by atoms with Gasteiger partial charge in [-0.1, -0.05) is 18.2 Å². The Kier molecular flexibility index (Phi) is 6.86. The Balaban J connectivity index is 1.71. The summed E-state index contributed by atoms with van der Waals surface area (Å²) in [5.74, 6) is 5.14. The van der Waals surface area contributed by atoms with Gasteiger partial charge < -0.3 is 19.6 Å². The number of ether oxygens (including phenoxy) is 2. The summed E-state index contributed by atoms with van der Waals surface area (Å²) in [7, 11) is 1.60. The van der Waals surface area contributed by atoms with Crippen LogP contribution < -0.4 is 20.7 Å². The zero-order valence-corrected chi connectivity index (χ0v) is 16.2. The quantitative estimate of drug-likeness (QED) is 0.547. The highest BCUT2D eigenvalue weighted by molar-refractivity contribution is 6.06. The molecule has 1 saturated carbocycles. The molecule has 1 amide bonds. The molecule has 3 rings (SSSR count). The van der Waals surface area contributed by atoms with E-state index in [9.17, 15) is 9.59 Å². The lowest BCUT2D eigenvalue weighted by Crippen LogP contribution is -2.15. The van der Waals surface area contributed by atoms with Gasteiger partial charge >= 0.3 is 5.97 Å². The normalized spacial score (nSPS) is 14.0. The molecule has 0 unspecified atom stereocenters. The number of carbonyl (C=O) groups excluding carboxylic acids is 2. The van der Waals surface area contributed by atoms with E-state index in [1.54, 1.807) is 31.4 Å². The van der Waals surface area contributed by atoms with Gasteiger partial charge in [0.25, 0.3) is 0 Å². The van der Waals surface area contributed by atoms with Crippen LogP contribution in [0.1, 0.15) is 41.6 Å². The van der Waals surface area contributed by atoms with Crippen molar-refractivity contribution < 1.29 is 23.9 Å². The zero-order valence-electron chi connectivity index (χ0n) is 16.2. The van der Waals surface area contributed by atoms with E-state index in [0.717, 1.165) is 18.4 Å². The number of para-hydroxylation sites is 1. The summed E-state index contributed by atoms with van der Waals surface area (Å²) >= 11 is 0. The molecule has 0 saturated heterocycles. The first-order valence-corrected chi connectivity index (χ1v) is 9.44. The second-order valence-electron chi connectivity index (χ2n) is 6.71. The van der Waals surface area contributed by atoms with Gasteiger partial charge in [0.15, 0.2) is 11.5 Å². The minimum atomic E-state index is -0.728. The molecule has 3 N–H and O–H groups in total. The average Bonchev–Trinajstić information content (AvgIpc) is 3.25. The van der Waals surface area contributed by atoms with Gasteiger partial charge in [-0.3, -0.25) is 4.79 Å². The molecule has 0 bridgehead atoms. The minimum Gasteiger partial charge on any atom is -0.493 e. The average molecular weight is 396 g/mol. The molecule has 0 atom stereocenters. The third kappa shape index (κ3) is 5.36. The van der Waals surface area contributed by atoms with Crippen molar-refractivity contribution in [3.05, 3.63) is 59.7 Å². The van der Waals surface area contributed by atoms with Gasteiger partial charge in [0.05, 0.1) is 24.5 Å². The van der Waals surface area contributed by atoms with Crippen LogP contribution in [0.25, 0.3) is 6.08 Å². The predicted molar refractivity (Wildman–Crippen MR) is 110 cm³/mol. The van der Waals surface area contributed by atoms with Gasteiger partial charge in [-0.05, 0) is 61.6 Å². The Morgan fingerprint density at radius 2 is 1.86 bits per heavy atom. The van der Waals surface area contributed by atoms with Gasteiger partial charge in [-0.2, -0.15) is 5.90 Å². The third-order valence-electron chi connectivity index (χ3n) is 4.72. The van der Waals surface area contributed by atoms with E-state index in [1.807, 2.05) is 18.2 Å². The van der Waals surface area contributed by atoms with Crippen LogP contribution in [0.4, 0.5) is 5.69 Å². The Morgan fingerprint density at radius 1 is 1.10 bits per heavy atom. The molecule has 0 radical (unpaired) electrons. The second kappa shape index (κ2) is 9.75. The van der Waals surface area contributed by atoms with E-state index in [1.165, 1.54) is 25.0 Å². The van der Waals surface area contributed by atoms with Gasteiger partial charge in [0.1, 0.15) is 0 Å². The first-order valence-electron chi connectivity index (χ1n) is 9.44. The van der Waals surface area contributed by atoms with Crippen molar-refractivity contribution in [2.75, 3.05) is 12.4 Å². The summed E-state index contributed by atoms with van der Waals surface area (Å²) in [4.78, 5) is 28.2. The summed E-state index contributed by atoms with van der Waals surface area (Å²) < 4.78 is 11.5. The number of amides is 1. The van der Waals surface area contributed by atoms with E-state index < -0.39 is 11.9 Å². The van der Waals surface area contributed by atoms with Crippen molar-refractivity contribution in [3.63, 3.8) is 0 Å². The molecule has 0 aromatic heterocycles. The Hall–Kier alpha value is -3.32. The lowest BCUT2D eigenvalue weighted by atomic mass is 10.1. The van der Waals surface area contributed by atoms with E-state index >= 15 is 0 Å². The molecule has 7 heteroatoms. The van der Waals surface area contributed by atoms with Gasteiger partial charge in [-0.15, -0.1) is 0 Å². The molecule has 2 aromatic carbocycles. The molecule has 2 aromatic rings. The number of hydrogen-bond donors (Lipinski definition) is 2. The highest BCUT2D eigenvalue weighted by atomic mass is 16.7. The maximum Gasteiger partial charge on any atom is 0.358 e. The summed E-state index contributed by atoms with van der Waals surface area (Å²) in [5.41, 5.74) is 1.29. The molecule has 1 aliphatic rings. The fraction of sp³-hybridized carbons (Fsp3) is 0.273. The topological polar surface area (TPSA) is 99.9 Å². The lowest BCUT2D eigenvalue weighted by Gasteiger charge is -2.16. The molecule has 0 heterocycles. The molecule has 0 spiro atoms. The van der Waals surface area contributed by atoms with Crippen LogP contribution in [-0.2, 0) is 9.63 Å². The van der Waals surface area contributed by atoms with Crippen LogP contribution in [0.2, 0.25) is 0 Å². The Labute approximate surface area is 169 Å². The van der Waals surface area contributed by atoms with Crippen LogP contribution in [0.15, 0.2) is 48.5 Å². The summed E-state index contributed by atoms with van der Waals surface area (Å²) in [6.45, 7) is 0. The smallest absolute Gasteiger partial charge is 0.358 e. The van der Waals surface area contributed by atoms with Crippen LogP contribution in [0.3, 0.4) is 0 Å². The number of benzene rings is 2. The van der Waals surface area contributed by atoms with Crippen molar-refractivity contribution in [3.8, 4) is 11.5 Å². The fourth-order valence-corrected chi connectivity index (χ4v) is 3.25. The molecule has 1 fully saturated rings. The molecule has 0 aliphatic heterocycles. The number of anilines is 1. The first-order chi connectivity index (χ1) is 14.1. The van der Waals surface area contributed by atoms with Gasteiger partial charge in [0.2, 0.25) is 5.91 Å². The SMILES string of the molecule is COc1ccc(/C=C/C(=O)Nc2ccccc2C(=O)ON)cc1OC1CCCC1. The summed E-state index contributed by atoms with van der Waals surface area (Å²) in [6, 6.07) is 12.0. The first kappa shape index (κ1) is 20.4. The second-order valence-corrected chi connectivity index (χ2v) is 6.71. The monoisotopic (exact) mass is 396 g/mol. The molecular weight excluding hydrogens is 372 g/mol. The largest absolute Gasteiger partial charge is 0.493 e. The van der Waals surface area contributed by atoms with Crippen molar-refractivity contribution in [2.24, 2.45) is 5.90 Å². The highest BCUT2D eigenvalue weighted by Gasteiger charge is 2.18. The van der Waals surface area contributed by atoms with Gasteiger partial charge in [-0.25, -0.2) is 4.79 Å². The van der Waals surface area contributed by atoms with Crippen LogP contribution >= 0.6 is 0 Å². The zero-order chi connectivity index (χ0) is 20.6. The van der Waals surface area contributed by atoms with Crippen LogP contribution in [0, 0.1) is 0 Å². The van der Waals surface area contributed by atoms with E-state index in [-0.39, 0.29) is 11.7 Å². The van der Waals surface area contributed by atoms with Crippen molar-refractivity contribution >= 4 is 23.6 Å². The lowest BCUT2D eigenvalue weighted by molar-refractivity contribution is -0.111. The van der Waals surface area contributed by atoms with Crippen molar-refractivity contribution in [2.45, 2.75) is 31.8 Å². The molecule has 1 aliphatic carbocycles. The number of nitrogens with two attached hydrogens (primary N) is 1. The third-order valence-corrected chi connectivity index (χ3v) is 4.72. The van der Waals surface area contributed by atoms with E-state index in [2.05, 4.69) is 10.2 Å². The van der Waals surface area contributed by atoms with Crippen LogP contribution in [0.5, 0.6) is 11.5 Å². The predicted octanol–water partition coefficient (Wildman–Crippen LogP) is 3.70. The molecular formula is C22H24N2O5. The number of methoxy groups -OCH3 is 1. The van der Waals surface area contributed by atoms with E-state index in [4.69, 9.17) is 15.4 Å². The summed E-state index contributed by atoms with van der Waals surface area (Å²) in [5, 5.41) is 2.65. The van der Waals surface area contributed by atoms with Crippen molar-refractivity contribution in [1.29, 1.82) is 0 Å². The Bertz CT molecular complexity index is 904. The number of hydrogen-bond acceptors (Lipinski definition) is 6. The molecule has 7 nitrogen and oxygen atoms in total. The number of nitrogens with one attached hydrogen (secondary N) is 1. The standard InChI is InChI=1S/C22H24N2O5/c1-27-19-12-10-15(14-20(19)28-16-6-2-3-7-16)11-13-21(25)24-18-9-5-4-8-17(18)22(26)29-23/h4-5,8-14,16H,2-3,6-7,23H2,1H3,(H,24,25)/b13-11+. The highest BCUT2D eigenvalue weighted by Crippen LogP contribution is 2.32. The number of carbonyl (C=O) groups is 2. The maximum absolute atomic E-state index is 12.3. The van der Waals surface area contributed by atoms with E-state index in [0.29, 0.717) is 17.2 Å². The van der Waals surface area contributed by atoms with Crippen LogP contribution in [-0.4, -0.2) is 25.1 Å². The minimum absolute atomic E-state index is 0.174. The fourth-order valence-electron chi connectivity index (χ4n) is 3.25.